The molecular formula is C32H36N6O2. The molecule has 0 spiro atoms. The molecule has 40 heavy (non-hydrogen) atoms. The summed E-state index contributed by atoms with van der Waals surface area (Å²) in [6.45, 7) is 1.70. The molecule has 4 fully saturated rings. The van der Waals surface area contributed by atoms with Crippen molar-refractivity contribution in [3.05, 3.63) is 59.2 Å². The van der Waals surface area contributed by atoms with Crippen LogP contribution in [0.2, 0.25) is 0 Å². The van der Waals surface area contributed by atoms with E-state index in [4.69, 9.17) is 9.97 Å². The van der Waals surface area contributed by atoms with Gasteiger partial charge in [0, 0.05) is 24.9 Å². The van der Waals surface area contributed by atoms with Crippen molar-refractivity contribution in [3.63, 3.8) is 0 Å². The van der Waals surface area contributed by atoms with Crippen molar-refractivity contribution in [2.75, 3.05) is 13.1 Å². The number of nitrogens with zero attached hydrogens (tertiary/aromatic N) is 4. The molecule has 2 aliphatic carbocycles. The first-order valence-electron chi connectivity index (χ1n) is 15.2. The highest BCUT2D eigenvalue weighted by atomic mass is 16.2. The molecule has 0 radical (unpaired) electrons. The second kappa shape index (κ2) is 9.46. The maximum atomic E-state index is 12.8. The number of aromatic nitrogens is 4. The van der Waals surface area contributed by atoms with Crippen LogP contribution in [0.25, 0.3) is 22.1 Å². The number of fused-ring (bicyclic) bond motifs is 2. The zero-order chi connectivity index (χ0) is 26.8. The number of imidazole rings is 2. The average molecular weight is 537 g/mol. The molecule has 206 valence electrons. The topological polar surface area (TPSA) is 98.0 Å². The van der Waals surface area contributed by atoms with Crippen LogP contribution in [0.5, 0.6) is 0 Å². The number of amides is 2. The smallest absolute Gasteiger partial charge is 0.226 e. The number of hydrogen-bond acceptors (Lipinski definition) is 4. The number of carbonyl (C=O) groups is 2. The molecule has 8 heteroatoms. The van der Waals surface area contributed by atoms with E-state index in [2.05, 4.69) is 56.2 Å². The zero-order valence-corrected chi connectivity index (χ0v) is 22.9. The van der Waals surface area contributed by atoms with Gasteiger partial charge in [0.25, 0.3) is 0 Å². The number of aryl methyl sites for hydroxylation is 2. The van der Waals surface area contributed by atoms with Gasteiger partial charge < -0.3 is 19.8 Å². The molecule has 2 aromatic carbocycles. The predicted octanol–water partition coefficient (Wildman–Crippen LogP) is 5.37. The average Bonchev–Trinajstić information content (AvgIpc) is 3.77. The van der Waals surface area contributed by atoms with Gasteiger partial charge in [-0.05, 0) is 99.6 Å². The lowest BCUT2D eigenvalue weighted by Crippen LogP contribution is -2.32. The molecule has 2 saturated carbocycles. The molecule has 2 saturated heterocycles. The summed E-state index contributed by atoms with van der Waals surface area (Å²) >= 11 is 0. The molecule has 2 N–H and O–H groups in total. The molecule has 2 aliphatic heterocycles. The summed E-state index contributed by atoms with van der Waals surface area (Å²) in [5.41, 5.74) is 6.58. The minimum absolute atomic E-state index is 0.0816. The summed E-state index contributed by atoms with van der Waals surface area (Å²) in [7, 11) is 0. The Kier molecular flexibility index (Phi) is 5.71. The van der Waals surface area contributed by atoms with Crippen LogP contribution >= 0.6 is 0 Å². The highest BCUT2D eigenvalue weighted by molar-refractivity contribution is 5.83. The van der Waals surface area contributed by atoms with E-state index in [1.54, 1.807) is 0 Å². The number of H-pyrrole nitrogens is 2. The lowest BCUT2D eigenvalue weighted by atomic mass is 10.0. The Bertz CT molecular complexity index is 1490. The van der Waals surface area contributed by atoms with Gasteiger partial charge in [0.1, 0.15) is 11.6 Å². The number of rotatable bonds is 7. The monoisotopic (exact) mass is 536 g/mol. The highest BCUT2D eigenvalue weighted by Crippen LogP contribution is 2.39. The van der Waals surface area contributed by atoms with E-state index < -0.39 is 0 Å². The fraction of sp³-hybridized carbons (Fsp3) is 0.500. The SMILES string of the molecule is O=C(C1CC1)N1CCC[C@H]1c1nc2ccc(CCc3ccc4nc([C@@H]5CCCN5C(=O)C5CC5)[nH]c4c3)cc2[nH]1. The number of aromatic amines is 2. The first kappa shape index (κ1) is 24.1. The van der Waals surface area contributed by atoms with Crippen LogP contribution in [-0.2, 0) is 22.4 Å². The van der Waals surface area contributed by atoms with E-state index in [9.17, 15) is 9.59 Å². The van der Waals surface area contributed by atoms with Crippen LogP contribution in [0.4, 0.5) is 0 Å². The Morgan fingerprint density at radius 3 is 1.55 bits per heavy atom. The summed E-state index contributed by atoms with van der Waals surface area (Å²) in [6, 6.07) is 13.1. The zero-order valence-electron chi connectivity index (χ0n) is 22.9. The second-order valence-electron chi connectivity index (χ2n) is 12.4. The van der Waals surface area contributed by atoms with Crippen molar-refractivity contribution < 1.29 is 9.59 Å². The molecular weight excluding hydrogens is 500 g/mol. The van der Waals surface area contributed by atoms with Gasteiger partial charge in [-0.2, -0.15) is 0 Å². The maximum absolute atomic E-state index is 12.8. The Balaban J connectivity index is 0.963. The molecule has 2 amide bonds. The highest BCUT2D eigenvalue weighted by Gasteiger charge is 2.41. The van der Waals surface area contributed by atoms with Gasteiger partial charge in [0.2, 0.25) is 11.8 Å². The lowest BCUT2D eigenvalue weighted by molar-refractivity contribution is -0.134. The molecule has 0 bridgehead atoms. The minimum atomic E-state index is 0.0816. The van der Waals surface area contributed by atoms with Crippen molar-refractivity contribution in [2.24, 2.45) is 11.8 Å². The Hall–Kier alpha value is -3.68. The van der Waals surface area contributed by atoms with Crippen LogP contribution in [0.1, 0.15) is 86.2 Å². The van der Waals surface area contributed by atoms with Crippen molar-refractivity contribution in [3.8, 4) is 0 Å². The van der Waals surface area contributed by atoms with E-state index in [0.29, 0.717) is 11.8 Å². The molecule has 2 aromatic heterocycles. The molecule has 0 unspecified atom stereocenters. The van der Waals surface area contributed by atoms with E-state index >= 15 is 0 Å². The van der Waals surface area contributed by atoms with Crippen molar-refractivity contribution in [2.45, 2.75) is 76.3 Å². The van der Waals surface area contributed by atoms with E-state index in [0.717, 1.165) is 111 Å². The van der Waals surface area contributed by atoms with Crippen LogP contribution in [-0.4, -0.2) is 54.6 Å². The third kappa shape index (κ3) is 4.38. The van der Waals surface area contributed by atoms with Gasteiger partial charge in [-0.3, -0.25) is 9.59 Å². The molecule has 8 rings (SSSR count). The molecule has 4 aromatic rings. The molecule has 4 aliphatic rings. The Morgan fingerprint density at radius 2 is 1.12 bits per heavy atom. The molecule has 8 nitrogen and oxygen atoms in total. The summed E-state index contributed by atoms with van der Waals surface area (Å²) < 4.78 is 0. The third-order valence-electron chi connectivity index (χ3n) is 9.39. The van der Waals surface area contributed by atoms with Gasteiger partial charge in [-0.1, -0.05) is 12.1 Å². The first-order chi connectivity index (χ1) is 19.6. The summed E-state index contributed by atoms with van der Waals surface area (Å²) in [4.78, 5) is 46.5. The second-order valence-corrected chi connectivity index (χ2v) is 12.4. The minimum Gasteiger partial charge on any atom is -0.340 e. The van der Waals surface area contributed by atoms with Gasteiger partial charge in [-0.15, -0.1) is 0 Å². The van der Waals surface area contributed by atoms with E-state index in [1.165, 1.54) is 11.1 Å². The molecule has 2 atom stereocenters. The van der Waals surface area contributed by atoms with Crippen LogP contribution < -0.4 is 0 Å². The number of nitrogens with one attached hydrogen (secondary N) is 2. The number of likely N-dealkylation sites (tertiary alicyclic amines) is 2. The van der Waals surface area contributed by atoms with Crippen LogP contribution in [0, 0.1) is 11.8 Å². The summed E-state index contributed by atoms with van der Waals surface area (Å²) in [5.74, 6) is 2.99. The lowest BCUT2D eigenvalue weighted by Gasteiger charge is -2.23. The predicted molar refractivity (Wildman–Crippen MR) is 152 cm³/mol. The van der Waals surface area contributed by atoms with Gasteiger partial charge in [-0.25, -0.2) is 9.97 Å². The van der Waals surface area contributed by atoms with Gasteiger partial charge in [0.15, 0.2) is 0 Å². The summed E-state index contributed by atoms with van der Waals surface area (Å²) in [5, 5.41) is 0. The van der Waals surface area contributed by atoms with Crippen molar-refractivity contribution in [1.29, 1.82) is 0 Å². The number of carbonyl (C=O) groups excluding carboxylic acids is 2. The molecule has 4 heterocycles. The number of hydrogen-bond donors (Lipinski definition) is 2. The van der Waals surface area contributed by atoms with E-state index in [1.807, 2.05) is 0 Å². The number of benzene rings is 2. The fourth-order valence-corrected chi connectivity index (χ4v) is 6.83. The third-order valence-corrected chi connectivity index (χ3v) is 9.39. The Morgan fingerprint density at radius 1 is 0.675 bits per heavy atom. The van der Waals surface area contributed by atoms with E-state index in [-0.39, 0.29) is 23.9 Å². The quantitative estimate of drug-likeness (QED) is 0.332. The first-order valence-corrected chi connectivity index (χ1v) is 15.2. The van der Waals surface area contributed by atoms with Gasteiger partial charge >= 0.3 is 0 Å². The largest absolute Gasteiger partial charge is 0.340 e. The maximum Gasteiger partial charge on any atom is 0.226 e. The summed E-state index contributed by atoms with van der Waals surface area (Å²) in [6.07, 6.45) is 10.1. The standard InChI is InChI=1S/C32H36N6O2/c39-31(21-9-10-21)37-15-1-3-27(37)29-33-23-13-7-19(17-25(23)35-29)5-6-20-8-14-24-26(18-20)36-30(34-24)28-4-2-16-38(28)32(40)22-11-12-22/h7-8,13-14,17-18,21-22,27-28H,1-6,9-12,15-16H2,(H,33,35)(H,34,36)/t27-,28-/m0/s1. The normalized spacial score (nSPS) is 23.1. The Labute approximate surface area is 233 Å². The fourth-order valence-electron chi connectivity index (χ4n) is 6.83. The van der Waals surface area contributed by atoms with Crippen molar-refractivity contribution >= 4 is 33.9 Å². The van der Waals surface area contributed by atoms with Gasteiger partial charge in [0.05, 0.1) is 34.2 Å². The van der Waals surface area contributed by atoms with Crippen molar-refractivity contribution in [1.82, 2.24) is 29.7 Å². The van der Waals surface area contributed by atoms with Crippen LogP contribution in [0.15, 0.2) is 36.4 Å². The van der Waals surface area contributed by atoms with Crippen LogP contribution in [0.3, 0.4) is 0 Å².